The van der Waals surface area contributed by atoms with Gasteiger partial charge in [0.1, 0.15) is 5.75 Å². The van der Waals surface area contributed by atoms with Gasteiger partial charge in [-0.25, -0.2) is 0 Å². The van der Waals surface area contributed by atoms with E-state index in [4.69, 9.17) is 4.74 Å². The van der Waals surface area contributed by atoms with Crippen LogP contribution >= 0.6 is 0 Å². The summed E-state index contributed by atoms with van der Waals surface area (Å²) >= 11 is 0. The summed E-state index contributed by atoms with van der Waals surface area (Å²) in [7, 11) is 0. The average Bonchev–Trinajstić information content (AvgIpc) is 2.65. The Bertz CT molecular complexity index is 329. The quantitative estimate of drug-likeness (QED) is 0.848. The van der Waals surface area contributed by atoms with Crippen molar-refractivity contribution in [2.45, 2.75) is 51.2 Å². The molecule has 0 heterocycles. The van der Waals surface area contributed by atoms with Crippen LogP contribution in [0.5, 0.6) is 5.75 Å². The van der Waals surface area contributed by atoms with E-state index >= 15 is 0 Å². The third-order valence-corrected chi connectivity index (χ3v) is 3.13. The van der Waals surface area contributed by atoms with Crippen LogP contribution in [0.2, 0.25) is 0 Å². The molecule has 0 saturated heterocycles. The van der Waals surface area contributed by atoms with Crippen LogP contribution in [-0.4, -0.2) is 17.3 Å². The van der Waals surface area contributed by atoms with Crippen LogP contribution in [-0.2, 0) is 0 Å². The van der Waals surface area contributed by atoms with E-state index in [0.717, 1.165) is 25.0 Å². The normalized spacial score (nSPS) is 25.0. The Morgan fingerprint density at radius 2 is 1.88 bits per heavy atom. The predicted molar refractivity (Wildman–Crippen MR) is 64.8 cm³/mol. The Hall–Kier alpha value is -1.02. The second-order valence-electron chi connectivity index (χ2n) is 4.90. The van der Waals surface area contributed by atoms with Gasteiger partial charge in [-0.2, -0.15) is 0 Å². The van der Waals surface area contributed by atoms with E-state index in [1.54, 1.807) is 0 Å². The van der Waals surface area contributed by atoms with Crippen molar-refractivity contribution >= 4 is 0 Å². The lowest BCUT2D eigenvalue weighted by molar-refractivity contribution is 0.181. The molecule has 0 amide bonds. The number of aliphatic hydroxyl groups is 1. The molecule has 2 nitrogen and oxygen atoms in total. The SMILES string of the molecule is CC(C)Oc1ccc(C2CCC(O)C2)cc1. The third kappa shape index (κ3) is 2.76. The van der Waals surface area contributed by atoms with Crippen LogP contribution in [0.15, 0.2) is 24.3 Å². The van der Waals surface area contributed by atoms with Gasteiger partial charge in [0, 0.05) is 0 Å². The fraction of sp³-hybridized carbons (Fsp3) is 0.571. The summed E-state index contributed by atoms with van der Waals surface area (Å²) in [4.78, 5) is 0. The Balaban J connectivity index is 2.02. The summed E-state index contributed by atoms with van der Waals surface area (Å²) in [5, 5.41) is 9.51. The largest absolute Gasteiger partial charge is 0.491 e. The van der Waals surface area contributed by atoms with E-state index in [1.165, 1.54) is 5.56 Å². The summed E-state index contributed by atoms with van der Waals surface area (Å²) in [6, 6.07) is 8.31. The van der Waals surface area contributed by atoms with Gasteiger partial charge in [-0.1, -0.05) is 12.1 Å². The molecule has 16 heavy (non-hydrogen) atoms. The molecular formula is C14H20O2. The average molecular weight is 220 g/mol. The second-order valence-corrected chi connectivity index (χ2v) is 4.90. The minimum absolute atomic E-state index is 0.100. The van der Waals surface area contributed by atoms with Crippen LogP contribution in [0.4, 0.5) is 0 Å². The zero-order chi connectivity index (χ0) is 11.5. The van der Waals surface area contributed by atoms with Gasteiger partial charge in [-0.05, 0) is 56.7 Å². The van der Waals surface area contributed by atoms with Gasteiger partial charge in [0.15, 0.2) is 0 Å². The molecule has 1 aliphatic carbocycles. The second kappa shape index (κ2) is 4.88. The number of hydrogen-bond donors (Lipinski definition) is 1. The van der Waals surface area contributed by atoms with Crippen molar-refractivity contribution in [2.24, 2.45) is 0 Å². The van der Waals surface area contributed by atoms with Crippen molar-refractivity contribution in [2.75, 3.05) is 0 Å². The van der Waals surface area contributed by atoms with Gasteiger partial charge in [0.05, 0.1) is 12.2 Å². The maximum atomic E-state index is 9.51. The van der Waals surface area contributed by atoms with Gasteiger partial charge in [-0.15, -0.1) is 0 Å². The van der Waals surface area contributed by atoms with Crippen LogP contribution in [0.3, 0.4) is 0 Å². The van der Waals surface area contributed by atoms with E-state index in [0.29, 0.717) is 5.92 Å². The molecule has 0 bridgehead atoms. The van der Waals surface area contributed by atoms with E-state index in [-0.39, 0.29) is 12.2 Å². The molecule has 0 aliphatic heterocycles. The van der Waals surface area contributed by atoms with Crippen molar-refractivity contribution in [3.05, 3.63) is 29.8 Å². The zero-order valence-electron chi connectivity index (χ0n) is 10.0. The molecule has 2 unspecified atom stereocenters. The molecule has 2 rings (SSSR count). The minimum atomic E-state index is -0.100. The van der Waals surface area contributed by atoms with Crippen molar-refractivity contribution in [1.29, 1.82) is 0 Å². The number of benzene rings is 1. The van der Waals surface area contributed by atoms with Crippen LogP contribution < -0.4 is 4.74 Å². The van der Waals surface area contributed by atoms with Crippen molar-refractivity contribution in [1.82, 2.24) is 0 Å². The first-order valence-corrected chi connectivity index (χ1v) is 6.10. The first-order valence-electron chi connectivity index (χ1n) is 6.10. The van der Waals surface area contributed by atoms with Gasteiger partial charge in [-0.3, -0.25) is 0 Å². The Morgan fingerprint density at radius 1 is 1.19 bits per heavy atom. The van der Waals surface area contributed by atoms with Crippen LogP contribution in [0, 0.1) is 0 Å². The molecule has 1 aromatic carbocycles. The highest BCUT2D eigenvalue weighted by Gasteiger charge is 2.23. The topological polar surface area (TPSA) is 29.5 Å². The molecular weight excluding hydrogens is 200 g/mol. The third-order valence-electron chi connectivity index (χ3n) is 3.13. The fourth-order valence-corrected chi connectivity index (χ4v) is 2.35. The summed E-state index contributed by atoms with van der Waals surface area (Å²) in [5.41, 5.74) is 1.33. The smallest absolute Gasteiger partial charge is 0.119 e. The van der Waals surface area contributed by atoms with Crippen LogP contribution in [0.25, 0.3) is 0 Å². The Morgan fingerprint density at radius 3 is 2.38 bits per heavy atom. The molecule has 1 saturated carbocycles. The fourth-order valence-electron chi connectivity index (χ4n) is 2.35. The minimum Gasteiger partial charge on any atom is -0.491 e. The van der Waals surface area contributed by atoms with Crippen molar-refractivity contribution in [3.63, 3.8) is 0 Å². The van der Waals surface area contributed by atoms with Gasteiger partial charge < -0.3 is 9.84 Å². The van der Waals surface area contributed by atoms with Crippen molar-refractivity contribution < 1.29 is 9.84 Å². The highest BCUT2D eigenvalue weighted by Crippen LogP contribution is 2.34. The molecule has 0 spiro atoms. The first-order chi connectivity index (χ1) is 7.65. The lowest BCUT2D eigenvalue weighted by Gasteiger charge is -2.13. The lowest BCUT2D eigenvalue weighted by atomic mass is 9.98. The molecule has 1 fully saturated rings. The molecule has 0 radical (unpaired) electrons. The molecule has 2 heteroatoms. The molecule has 2 atom stereocenters. The molecule has 1 aliphatic rings. The molecule has 1 aromatic rings. The monoisotopic (exact) mass is 220 g/mol. The van der Waals surface area contributed by atoms with Gasteiger partial charge in [0.2, 0.25) is 0 Å². The van der Waals surface area contributed by atoms with E-state index in [9.17, 15) is 5.11 Å². The maximum Gasteiger partial charge on any atom is 0.119 e. The number of rotatable bonds is 3. The van der Waals surface area contributed by atoms with Crippen molar-refractivity contribution in [3.8, 4) is 5.75 Å². The van der Waals surface area contributed by atoms with Gasteiger partial charge >= 0.3 is 0 Å². The Labute approximate surface area is 97.3 Å². The summed E-state index contributed by atoms with van der Waals surface area (Å²) < 4.78 is 5.60. The molecule has 1 N–H and O–H groups in total. The van der Waals surface area contributed by atoms with Gasteiger partial charge in [0.25, 0.3) is 0 Å². The summed E-state index contributed by atoms with van der Waals surface area (Å²) in [6.45, 7) is 4.06. The van der Waals surface area contributed by atoms with Crippen LogP contribution in [0.1, 0.15) is 44.6 Å². The summed E-state index contributed by atoms with van der Waals surface area (Å²) in [5.74, 6) is 1.46. The predicted octanol–water partition coefficient (Wildman–Crippen LogP) is 3.10. The van der Waals surface area contributed by atoms with E-state index in [1.807, 2.05) is 26.0 Å². The zero-order valence-corrected chi connectivity index (χ0v) is 10.0. The molecule has 88 valence electrons. The van der Waals surface area contributed by atoms with E-state index in [2.05, 4.69) is 12.1 Å². The summed E-state index contributed by atoms with van der Waals surface area (Å²) in [6.07, 6.45) is 3.07. The number of ether oxygens (including phenoxy) is 1. The Kier molecular flexibility index (Phi) is 3.49. The first kappa shape index (κ1) is 11.5. The number of hydrogen-bond acceptors (Lipinski definition) is 2. The standard InChI is InChI=1S/C14H20O2/c1-10(2)16-14-7-4-11(5-8-14)12-3-6-13(15)9-12/h4-5,7-8,10,12-13,15H,3,6,9H2,1-2H3. The lowest BCUT2D eigenvalue weighted by Crippen LogP contribution is -2.05. The maximum absolute atomic E-state index is 9.51. The number of aliphatic hydroxyl groups excluding tert-OH is 1. The highest BCUT2D eigenvalue weighted by molar-refractivity contribution is 5.30. The van der Waals surface area contributed by atoms with E-state index < -0.39 is 0 Å². The highest BCUT2D eigenvalue weighted by atomic mass is 16.5. The molecule has 0 aromatic heterocycles.